The summed E-state index contributed by atoms with van der Waals surface area (Å²) in [5.74, 6) is -0.431. The van der Waals surface area contributed by atoms with Gasteiger partial charge in [0.25, 0.3) is 0 Å². The molecule has 32 heavy (non-hydrogen) atoms. The third-order valence-corrected chi connectivity index (χ3v) is 5.18. The molecule has 0 radical (unpaired) electrons. The number of likely N-dealkylation sites (tertiary alicyclic amines) is 1. The Hall–Kier alpha value is -3.35. The quantitative estimate of drug-likeness (QED) is 0.696. The van der Waals surface area contributed by atoms with Gasteiger partial charge in [-0.2, -0.15) is 0 Å². The molecule has 1 aliphatic rings. The molecule has 7 nitrogen and oxygen atoms in total. The summed E-state index contributed by atoms with van der Waals surface area (Å²) in [6.45, 7) is 5.67. The third kappa shape index (κ3) is 6.33. The van der Waals surface area contributed by atoms with Crippen LogP contribution in [-0.4, -0.2) is 41.6 Å². The Morgan fingerprint density at radius 3 is 2.28 bits per heavy atom. The Morgan fingerprint density at radius 2 is 1.69 bits per heavy atom. The molecule has 1 fully saturated rings. The summed E-state index contributed by atoms with van der Waals surface area (Å²) in [6, 6.07) is 17.8. The van der Waals surface area contributed by atoms with E-state index in [-0.39, 0.29) is 13.2 Å². The van der Waals surface area contributed by atoms with Gasteiger partial charge in [0.2, 0.25) is 0 Å². The molecule has 1 saturated heterocycles. The molecule has 0 aliphatic carbocycles. The number of rotatable bonds is 5. The van der Waals surface area contributed by atoms with Crippen molar-refractivity contribution in [2.45, 2.75) is 51.5 Å². The lowest BCUT2D eigenvalue weighted by Gasteiger charge is -2.43. The van der Waals surface area contributed by atoms with E-state index in [2.05, 4.69) is 5.32 Å². The molecule has 1 aliphatic heterocycles. The summed E-state index contributed by atoms with van der Waals surface area (Å²) in [5, 5.41) is 2.88. The highest BCUT2D eigenvalue weighted by atomic mass is 16.6. The molecule has 1 N–H and O–H groups in total. The van der Waals surface area contributed by atoms with Gasteiger partial charge in [0.1, 0.15) is 18.5 Å². The molecule has 2 aromatic carbocycles. The van der Waals surface area contributed by atoms with Crippen molar-refractivity contribution in [1.82, 2.24) is 10.2 Å². The van der Waals surface area contributed by atoms with Crippen LogP contribution in [0.2, 0.25) is 0 Å². The van der Waals surface area contributed by atoms with Gasteiger partial charge >= 0.3 is 12.2 Å². The maximum absolute atomic E-state index is 13.1. The number of piperidine rings is 1. The molecule has 0 aromatic heterocycles. The molecule has 7 heteroatoms. The van der Waals surface area contributed by atoms with E-state index in [1.165, 1.54) is 4.90 Å². The number of carbonyl (C=O) groups excluding carboxylic acids is 3. The summed E-state index contributed by atoms with van der Waals surface area (Å²) in [5.41, 5.74) is 1.04. The minimum atomic E-state index is -0.667. The average Bonchev–Trinajstić information content (AvgIpc) is 2.77. The second kappa shape index (κ2) is 10.3. The van der Waals surface area contributed by atoms with Crippen LogP contribution in [-0.2, 0) is 20.9 Å². The van der Waals surface area contributed by atoms with Crippen LogP contribution in [0.15, 0.2) is 60.7 Å². The fourth-order valence-corrected chi connectivity index (χ4v) is 3.86. The molecule has 1 heterocycles. The number of benzene rings is 2. The molecule has 170 valence electrons. The minimum Gasteiger partial charge on any atom is -0.445 e. The summed E-state index contributed by atoms with van der Waals surface area (Å²) in [4.78, 5) is 38.9. The van der Waals surface area contributed by atoms with Gasteiger partial charge in [0, 0.05) is 12.5 Å². The third-order valence-electron chi connectivity index (χ3n) is 5.18. The van der Waals surface area contributed by atoms with Crippen LogP contribution in [0.4, 0.5) is 9.59 Å². The zero-order valence-electron chi connectivity index (χ0n) is 18.7. The van der Waals surface area contributed by atoms with Crippen LogP contribution in [0.5, 0.6) is 0 Å². The first kappa shape index (κ1) is 23.3. The fraction of sp³-hybridized carbons (Fsp3) is 0.400. The van der Waals surface area contributed by atoms with Crippen LogP contribution >= 0.6 is 0 Å². The van der Waals surface area contributed by atoms with Gasteiger partial charge in [0.15, 0.2) is 0 Å². The first-order valence-electron chi connectivity index (χ1n) is 10.7. The topological polar surface area (TPSA) is 84.9 Å². The molecule has 2 aromatic rings. The molecular weight excluding hydrogens is 408 g/mol. The molecule has 0 bridgehead atoms. The number of alkyl carbamates (subject to hydrolysis) is 1. The number of aldehydes is 1. The van der Waals surface area contributed by atoms with Crippen molar-refractivity contribution in [3.63, 3.8) is 0 Å². The molecule has 2 amide bonds. The van der Waals surface area contributed by atoms with Crippen molar-refractivity contribution in [3.8, 4) is 0 Å². The van der Waals surface area contributed by atoms with E-state index in [4.69, 9.17) is 9.47 Å². The number of hydrogen-bond acceptors (Lipinski definition) is 5. The van der Waals surface area contributed by atoms with Crippen LogP contribution in [0.25, 0.3) is 0 Å². The minimum absolute atomic E-state index is 0.119. The highest BCUT2D eigenvalue weighted by molar-refractivity contribution is 5.72. The maximum atomic E-state index is 13.1. The van der Waals surface area contributed by atoms with Crippen molar-refractivity contribution in [2.75, 3.05) is 6.54 Å². The van der Waals surface area contributed by atoms with E-state index in [9.17, 15) is 14.4 Å². The van der Waals surface area contributed by atoms with Gasteiger partial charge in [0.05, 0.1) is 12.1 Å². The number of carbonyl (C=O) groups is 3. The zero-order valence-corrected chi connectivity index (χ0v) is 18.7. The van der Waals surface area contributed by atoms with Crippen LogP contribution in [0.1, 0.15) is 44.4 Å². The molecule has 0 spiro atoms. The highest BCUT2D eigenvalue weighted by Crippen LogP contribution is 2.34. The molecule has 3 rings (SSSR count). The molecule has 0 unspecified atom stereocenters. The zero-order chi connectivity index (χ0) is 23.1. The molecule has 0 saturated carbocycles. The lowest BCUT2D eigenvalue weighted by molar-refractivity contribution is -0.113. The van der Waals surface area contributed by atoms with Gasteiger partial charge in [-0.1, -0.05) is 60.7 Å². The van der Waals surface area contributed by atoms with Crippen molar-refractivity contribution >= 4 is 18.5 Å². The van der Waals surface area contributed by atoms with Crippen LogP contribution < -0.4 is 5.32 Å². The van der Waals surface area contributed by atoms with Gasteiger partial charge < -0.3 is 19.6 Å². The molecular formula is C25H30N2O5. The Balaban J connectivity index is 1.85. The molecule has 3 atom stereocenters. The van der Waals surface area contributed by atoms with Gasteiger partial charge in [-0.3, -0.25) is 4.90 Å². The van der Waals surface area contributed by atoms with Crippen molar-refractivity contribution in [1.29, 1.82) is 0 Å². The number of ether oxygens (including phenoxy) is 2. The van der Waals surface area contributed by atoms with E-state index in [1.54, 1.807) is 20.8 Å². The monoisotopic (exact) mass is 438 g/mol. The lowest BCUT2D eigenvalue weighted by Crippen LogP contribution is -2.55. The summed E-state index contributed by atoms with van der Waals surface area (Å²) in [7, 11) is 0. The summed E-state index contributed by atoms with van der Waals surface area (Å²) < 4.78 is 11.0. The lowest BCUT2D eigenvalue weighted by atomic mass is 9.85. The number of hydrogen-bond donors (Lipinski definition) is 1. The van der Waals surface area contributed by atoms with Crippen molar-refractivity contribution in [3.05, 3.63) is 71.8 Å². The maximum Gasteiger partial charge on any atom is 0.410 e. The standard InChI is InChI=1S/C25H30N2O5/c1-25(2,3)32-23(29)26-21-14-19(16-28)15-27(22(21)20-12-8-5-9-13-20)24(30)31-17-18-10-6-4-7-11-18/h4-13,16,19,21-22H,14-15,17H2,1-3H3,(H,26,29)/t19-,21-,22-/m0/s1. The second-order valence-electron chi connectivity index (χ2n) is 8.93. The van der Waals surface area contributed by atoms with Crippen molar-refractivity contribution in [2.24, 2.45) is 5.92 Å². The predicted octanol–water partition coefficient (Wildman–Crippen LogP) is 4.48. The Morgan fingerprint density at radius 1 is 1.06 bits per heavy atom. The van der Waals surface area contributed by atoms with E-state index in [0.717, 1.165) is 17.4 Å². The van der Waals surface area contributed by atoms with E-state index >= 15 is 0 Å². The van der Waals surface area contributed by atoms with Gasteiger partial charge in [-0.25, -0.2) is 9.59 Å². The van der Waals surface area contributed by atoms with Crippen molar-refractivity contribution < 1.29 is 23.9 Å². The first-order chi connectivity index (χ1) is 15.3. The van der Waals surface area contributed by atoms with Gasteiger partial charge in [-0.15, -0.1) is 0 Å². The summed E-state index contributed by atoms with van der Waals surface area (Å²) >= 11 is 0. The predicted molar refractivity (Wildman–Crippen MR) is 120 cm³/mol. The largest absolute Gasteiger partial charge is 0.445 e. The Kier molecular flexibility index (Phi) is 7.51. The highest BCUT2D eigenvalue weighted by Gasteiger charge is 2.41. The van der Waals surface area contributed by atoms with E-state index < -0.39 is 35.8 Å². The number of nitrogens with one attached hydrogen (secondary N) is 1. The SMILES string of the molecule is CC(C)(C)OC(=O)N[C@H]1C[C@H](C=O)CN(C(=O)OCc2ccccc2)[C@H]1c1ccccc1. The first-order valence-corrected chi connectivity index (χ1v) is 10.7. The van der Waals surface area contributed by atoms with Gasteiger partial charge in [-0.05, 0) is 38.3 Å². The van der Waals surface area contributed by atoms with E-state index in [0.29, 0.717) is 6.42 Å². The Labute approximate surface area is 188 Å². The van der Waals surface area contributed by atoms with Crippen LogP contribution in [0, 0.1) is 5.92 Å². The van der Waals surface area contributed by atoms with E-state index in [1.807, 2.05) is 60.7 Å². The average molecular weight is 439 g/mol. The summed E-state index contributed by atoms with van der Waals surface area (Å²) in [6.07, 6.45) is 0.0885. The second-order valence-corrected chi connectivity index (χ2v) is 8.93. The Bertz CT molecular complexity index is 911. The smallest absolute Gasteiger partial charge is 0.410 e. The fourth-order valence-electron chi connectivity index (χ4n) is 3.86. The number of nitrogens with zero attached hydrogens (tertiary/aromatic N) is 1. The van der Waals surface area contributed by atoms with Crippen LogP contribution in [0.3, 0.4) is 0 Å². The normalized spacial score (nSPS) is 20.8. The number of amides is 2.